The van der Waals surface area contributed by atoms with Gasteiger partial charge in [-0.15, -0.1) is 11.8 Å². The summed E-state index contributed by atoms with van der Waals surface area (Å²) >= 11 is 1.27. The van der Waals surface area contributed by atoms with Crippen LogP contribution in [-0.2, 0) is 20.6 Å². The van der Waals surface area contributed by atoms with Gasteiger partial charge in [0.1, 0.15) is 23.3 Å². The maximum absolute atomic E-state index is 12.9. The Labute approximate surface area is 190 Å². The van der Waals surface area contributed by atoms with E-state index < -0.39 is 26.8 Å². The van der Waals surface area contributed by atoms with Crippen LogP contribution in [0.4, 0.5) is 0 Å². The zero-order chi connectivity index (χ0) is 23.4. The SMILES string of the molecule is Cc1cc(CSC(C)(C)[C@H](NS(=O)(=O)c2ccc(Oc3ccncc3)cc2)C(=O)O)no1. The van der Waals surface area contributed by atoms with Crippen LogP contribution in [0.5, 0.6) is 11.5 Å². The van der Waals surface area contributed by atoms with Crippen LogP contribution < -0.4 is 9.46 Å². The smallest absolute Gasteiger partial charge is 0.323 e. The maximum Gasteiger partial charge on any atom is 0.323 e. The number of carboxylic acid groups (broad SMARTS) is 1. The van der Waals surface area contributed by atoms with Crippen molar-refractivity contribution in [2.45, 2.75) is 42.2 Å². The highest BCUT2D eigenvalue weighted by atomic mass is 32.2. The Morgan fingerprint density at radius 3 is 2.38 bits per heavy atom. The lowest BCUT2D eigenvalue weighted by atomic mass is 10.1. The summed E-state index contributed by atoms with van der Waals surface area (Å²) in [6, 6.07) is 9.42. The van der Waals surface area contributed by atoms with Gasteiger partial charge >= 0.3 is 5.97 Å². The second kappa shape index (κ2) is 9.72. The first-order chi connectivity index (χ1) is 15.1. The van der Waals surface area contributed by atoms with Gasteiger partial charge in [0.25, 0.3) is 0 Å². The van der Waals surface area contributed by atoms with Gasteiger partial charge in [0, 0.05) is 29.0 Å². The van der Waals surface area contributed by atoms with Crippen LogP contribution in [0.1, 0.15) is 25.3 Å². The van der Waals surface area contributed by atoms with Crippen molar-refractivity contribution in [1.29, 1.82) is 0 Å². The number of carboxylic acids is 1. The second-order valence-corrected chi connectivity index (χ2v) is 10.8. The molecule has 0 aliphatic heterocycles. The molecule has 11 heteroatoms. The number of aliphatic carboxylic acids is 1. The molecule has 0 fully saturated rings. The molecule has 0 unspecified atom stereocenters. The Morgan fingerprint density at radius 2 is 1.81 bits per heavy atom. The number of aromatic nitrogens is 2. The number of ether oxygens (including phenoxy) is 1. The predicted octanol–water partition coefficient (Wildman–Crippen LogP) is 3.61. The Hall–Kier alpha value is -2.89. The zero-order valence-electron chi connectivity index (χ0n) is 17.7. The van der Waals surface area contributed by atoms with E-state index in [1.54, 1.807) is 51.4 Å². The molecule has 0 aliphatic carbocycles. The number of pyridine rings is 1. The highest BCUT2D eigenvalue weighted by molar-refractivity contribution is 8.00. The molecule has 3 rings (SSSR count). The molecule has 32 heavy (non-hydrogen) atoms. The van der Waals surface area contributed by atoms with Gasteiger partial charge in [0.05, 0.1) is 10.6 Å². The van der Waals surface area contributed by atoms with Gasteiger partial charge < -0.3 is 14.4 Å². The summed E-state index contributed by atoms with van der Waals surface area (Å²) < 4.78 is 37.8. The minimum atomic E-state index is -4.10. The van der Waals surface area contributed by atoms with E-state index in [9.17, 15) is 18.3 Å². The van der Waals surface area contributed by atoms with Crippen LogP contribution in [0.2, 0.25) is 0 Å². The fourth-order valence-electron chi connectivity index (χ4n) is 2.77. The first kappa shape index (κ1) is 23.8. The monoisotopic (exact) mass is 477 g/mol. The summed E-state index contributed by atoms with van der Waals surface area (Å²) in [5.74, 6) is 0.728. The number of benzene rings is 1. The van der Waals surface area contributed by atoms with E-state index in [-0.39, 0.29) is 4.90 Å². The molecule has 2 heterocycles. The molecular weight excluding hydrogens is 454 g/mol. The van der Waals surface area contributed by atoms with Gasteiger partial charge in [-0.3, -0.25) is 9.78 Å². The number of sulfonamides is 1. The predicted molar refractivity (Wildman–Crippen MR) is 119 cm³/mol. The van der Waals surface area contributed by atoms with Crippen LogP contribution in [0, 0.1) is 6.92 Å². The first-order valence-corrected chi connectivity index (χ1v) is 12.0. The Morgan fingerprint density at radius 1 is 1.19 bits per heavy atom. The van der Waals surface area contributed by atoms with Crippen LogP contribution >= 0.6 is 11.8 Å². The van der Waals surface area contributed by atoms with Gasteiger partial charge in [-0.1, -0.05) is 5.16 Å². The molecule has 0 saturated heterocycles. The molecule has 2 aromatic heterocycles. The molecule has 3 aromatic rings. The van der Waals surface area contributed by atoms with E-state index in [1.165, 1.54) is 36.0 Å². The fraction of sp³-hybridized carbons (Fsp3) is 0.286. The number of aryl methyl sites for hydroxylation is 1. The molecule has 2 N–H and O–H groups in total. The molecular formula is C21H23N3O6S2. The van der Waals surface area contributed by atoms with Crippen molar-refractivity contribution in [1.82, 2.24) is 14.9 Å². The van der Waals surface area contributed by atoms with Crippen molar-refractivity contribution in [3.8, 4) is 11.5 Å². The molecule has 1 aromatic carbocycles. The maximum atomic E-state index is 12.9. The Bertz CT molecular complexity index is 1160. The lowest BCUT2D eigenvalue weighted by Crippen LogP contribution is -2.52. The first-order valence-electron chi connectivity index (χ1n) is 9.56. The molecule has 0 spiro atoms. The topological polar surface area (TPSA) is 132 Å². The number of rotatable bonds is 10. The van der Waals surface area contributed by atoms with Crippen LogP contribution in [0.15, 0.2) is 64.3 Å². The standard InChI is InChI=1S/C21H23N3O6S2/c1-14-12-15(23-30-14)13-31-21(2,3)19(20(25)26)24-32(27,28)18-6-4-16(5-7-18)29-17-8-10-22-11-9-17/h4-12,19,24H,13H2,1-3H3,(H,25,26)/t19-/m1/s1. The summed E-state index contributed by atoms with van der Waals surface area (Å²) in [6.07, 6.45) is 3.15. The van der Waals surface area contributed by atoms with Crippen LogP contribution in [0.3, 0.4) is 0 Å². The largest absolute Gasteiger partial charge is 0.480 e. The van der Waals surface area contributed by atoms with Crippen molar-refractivity contribution in [3.63, 3.8) is 0 Å². The van der Waals surface area contributed by atoms with E-state index >= 15 is 0 Å². The van der Waals surface area contributed by atoms with Gasteiger partial charge in [-0.05, 0) is 57.2 Å². The molecule has 0 aliphatic rings. The summed E-state index contributed by atoms with van der Waals surface area (Å²) in [6.45, 7) is 5.09. The summed E-state index contributed by atoms with van der Waals surface area (Å²) in [4.78, 5) is 15.8. The summed E-state index contributed by atoms with van der Waals surface area (Å²) in [7, 11) is -4.10. The van der Waals surface area contributed by atoms with Crippen molar-refractivity contribution >= 4 is 27.8 Å². The number of hydrogen-bond acceptors (Lipinski definition) is 8. The minimum Gasteiger partial charge on any atom is -0.480 e. The van der Waals surface area contributed by atoms with Crippen molar-refractivity contribution < 1.29 is 27.6 Å². The fourth-order valence-corrected chi connectivity index (χ4v) is 5.16. The van der Waals surface area contributed by atoms with E-state index in [4.69, 9.17) is 9.26 Å². The quantitative estimate of drug-likeness (QED) is 0.449. The molecule has 170 valence electrons. The number of nitrogens with zero attached hydrogens (tertiary/aromatic N) is 2. The van der Waals surface area contributed by atoms with Gasteiger partial charge in [-0.2, -0.15) is 4.72 Å². The highest BCUT2D eigenvalue weighted by Gasteiger charge is 2.39. The minimum absolute atomic E-state index is 0.0706. The zero-order valence-corrected chi connectivity index (χ0v) is 19.3. The third-order valence-corrected chi connectivity index (χ3v) is 7.36. The molecule has 0 saturated carbocycles. The van der Waals surface area contributed by atoms with E-state index in [0.29, 0.717) is 28.7 Å². The average molecular weight is 478 g/mol. The molecule has 0 amide bonds. The number of nitrogens with one attached hydrogen (secondary N) is 1. The van der Waals surface area contributed by atoms with Crippen LogP contribution in [-0.4, -0.2) is 40.4 Å². The van der Waals surface area contributed by atoms with Crippen molar-refractivity contribution in [2.75, 3.05) is 0 Å². The lowest BCUT2D eigenvalue weighted by molar-refractivity contribution is -0.139. The third kappa shape index (κ3) is 6.09. The molecule has 9 nitrogen and oxygen atoms in total. The highest BCUT2D eigenvalue weighted by Crippen LogP contribution is 2.32. The summed E-state index contributed by atoms with van der Waals surface area (Å²) in [5.41, 5.74) is 0.650. The van der Waals surface area contributed by atoms with Gasteiger partial charge in [-0.25, -0.2) is 8.42 Å². The van der Waals surface area contributed by atoms with E-state index in [0.717, 1.165) is 0 Å². The molecule has 1 atom stereocenters. The average Bonchev–Trinajstić information content (AvgIpc) is 3.17. The second-order valence-electron chi connectivity index (χ2n) is 7.47. The normalized spacial score (nSPS) is 13.0. The third-order valence-electron chi connectivity index (χ3n) is 4.50. The summed E-state index contributed by atoms with van der Waals surface area (Å²) in [5, 5.41) is 13.6. The van der Waals surface area contributed by atoms with Crippen molar-refractivity contribution in [3.05, 3.63) is 66.3 Å². The van der Waals surface area contributed by atoms with Crippen LogP contribution in [0.25, 0.3) is 0 Å². The Balaban J connectivity index is 1.72. The number of thioether (sulfide) groups is 1. The lowest BCUT2D eigenvalue weighted by Gasteiger charge is -2.31. The molecule has 0 bridgehead atoms. The van der Waals surface area contributed by atoms with Crippen molar-refractivity contribution in [2.24, 2.45) is 0 Å². The van der Waals surface area contributed by atoms with Gasteiger partial charge in [0.15, 0.2) is 0 Å². The van der Waals surface area contributed by atoms with E-state index in [1.807, 2.05) is 0 Å². The Kier molecular flexibility index (Phi) is 7.22. The number of hydrogen-bond donors (Lipinski definition) is 2. The molecule has 0 radical (unpaired) electrons. The van der Waals surface area contributed by atoms with Gasteiger partial charge in [0.2, 0.25) is 10.0 Å². The van der Waals surface area contributed by atoms with E-state index in [2.05, 4.69) is 14.9 Å². The number of carbonyl (C=O) groups is 1.